The average Bonchev–Trinajstić information content (AvgIpc) is 2.50. The van der Waals surface area contributed by atoms with Crippen LogP contribution in [0.25, 0.3) is 0 Å². The third kappa shape index (κ3) is 3.60. The lowest BCUT2D eigenvalue weighted by molar-refractivity contribution is 0.103. The zero-order valence-electron chi connectivity index (χ0n) is 11.4. The quantitative estimate of drug-likeness (QED) is 0.602. The van der Waals surface area contributed by atoms with Crippen LogP contribution in [0.1, 0.15) is 15.9 Å². The molecule has 0 heterocycles. The van der Waals surface area contributed by atoms with E-state index in [4.69, 9.17) is 21.1 Å². The van der Waals surface area contributed by atoms with Gasteiger partial charge in [-0.3, -0.25) is 4.79 Å². The molecule has 0 aliphatic heterocycles. The Morgan fingerprint density at radius 3 is 2.57 bits per heavy atom. The number of halogens is 2. The number of ketones is 1. The van der Waals surface area contributed by atoms with Crippen molar-refractivity contribution < 1.29 is 18.7 Å². The molecular weight excluding hydrogens is 295 g/mol. The maximum atomic E-state index is 13.5. The van der Waals surface area contributed by atoms with Crippen LogP contribution in [0.5, 0.6) is 5.75 Å². The van der Waals surface area contributed by atoms with Crippen LogP contribution in [0.3, 0.4) is 0 Å². The minimum absolute atomic E-state index is 0.111. The van der Waals surface area contributed by atoms with E-state index in [1.54, 1.807) is 31.4 Å². The molecular formula is C16H14ClFO3. The zero-order valence-corrected chi connectivity index (χ0v) is 12.2. The highest BCUT2D eigenvalue weighted by molar-refractivity contribution is 6.35. The normalized spacial score (nSPS) is 10.4. The molecule has 0 aromatic heterocycles. The van der Waals surface area contributed by atoms with Gasteiger partial charge in [-0.15, -0.1) is 0 Å². The Morgan fingerprint density at radius 2 is 1.81 bits per heavy atom. The second-order valence-corrected chi connectivity index (χ2v) is 4.65. The summed E-state index contributed by atoms with van der Waals surface area (Å²) in [7, 11) is 1.56. The van der Waals surface area contributed by atoms with Gasteiger partial charge < -0.3 is 9.47 Å². The third-order valence-electron chi connectivity index (χ3n) is 2.87. The van der Waals surface area contributed by atoms with Gasteiger partial charge in [0.05, 0.1) is 17.2 Å². The average molecular weight is 309 g/mol. The molecule has 0 amide bonds. The molecule has 0 spiro atoms. The lowest BCUT2D eigenvalue weighted by Gasteiger charge is -2.11. The molecule has 2 aromatic carbocycles. The van der Waals surface area contributed by atoms with Crippen molar-refractivity contribution in [3.63, 3.8) is 0 Å². The first-order valence-electron chi connectivity index (χ1n) is 6.34. The van der Waals surface area contributed by atoms with Gasteiger partial charge in [0.25, 0.3) is 0 Å². The maximum Gasteiger partial charge on any atom is 0.198 e. The number of rotatable bonds is 6. The number of para-hydroxylation sites is 1. The summed E-state index contributed by atoms with van der Waals surface area (Å²) in [5, 5.41) is -0.186. The predicted molar refractivity (Wildman–Crippen MR) is 78.7 cm³/mol. The first kappa shape index (κ1) is 15.5. The fourth-order valence-electron chi connectivity index (χ4n) is 1.84. The molecule has 0 saturated heterocycles. The van der Waals surface area contributed by atoms with Crippen LogP contribution >= 0.6 is 11.6 Å². The highest BCUT2D eigenvalue weighted by atomic mass is 35.5. The molecule has 0 fully saturated rings. The monoisotopic (exact) mass is 308 g/mol. The largest absolute Gasteiger partial charge is 0.490 e. The first-order chi connectivity index (χ1) is 10.1. The van der Waals surface area contributed by atoms with Crippen molar-refractivity contribution in [2.24, 2.45) is 0 Å². The molecule has 2 aromatic rings. The second-order valence-electron chi connectivity index (χ2n) is 4.27. The Balaban J connectivity index is 2.33. The molecule has 21 heavy (non-hydrogen) atoms. The highest BCUT2D eigenvalue weighted by Crippen LogP contribution is 2.26. The number of methoxy groups -OCH3 is 1. The number of hydrogen-bond acceptors (Lipinski definition) is 3. The first-order valence-corrected chi connectivity index (χ1v) is 6.72. The zero-order chi connectivity index (χ0) is 15.2. The predicted octanol–water partition coefficient (Wildman–Crippen LogP) is 3.74. The van der Waals surface area contributed by atoms with Gasteiger partial charge in [-0.05, 0) is 24.3 Å². The van der Waals surface area contributed by atoms with Gasteiger partial charge in [-0.1, -0.05) is 29.8 Å². The number of carbonyl (C=O) groups excluding carboxylic acids is 1. The van der Waals surface area contributed by atoms with Gasteiger partial charge in [-0.2, -0.15) is 0 Å². The second kappa shape index (κ2) is 7.20. The molecule has 0 aliphatic carbocycles. The van der Waals surface area contributed by atoms with Gasteiger partial charge in [0.1, 0.15) is 18.2 Å². The lowest BCUT2D eigenvalue weighted by Crippen LogP contribution is -2.09. The van der Waals surface area contributed by atoms with Crippen molar-refractivity contribution in [2.45, 2.75) is 0 Å². The van der Waals surface area contributed by atoms with Gasteiger partial charge in [0.2, 0.25) is 0 Å². The number of carbonyl (C=O) groups is 1. The molecule has 110 valence electrons. The molecule has 2 rings (SSSR count). The van der Waals surface area contributed by atoms with Crippen molar-refractivity contribution in [1.29, 1.82) is 0 Å². The summed E-state index contributed by atoms with van der Waals surface area (Å²) in [4.78, 5) is 12.5. The Labute approximate surface area is 127 Å². The van der Waals surface area contributed by atoms with Gasteiger partial charge in [0.15, 0.2) is 5.78 Å². The molecule has 0 N–H and O–H groups in total. The summed E-state index contributed by atoms with van der Waals surface area (Å²) in [5.74, 6) is -0.590. The van der Waals surface area contributed by atoms with Crippen LogP contribution < -0.4 is 4.74 Å². The minimum Gasteiger partial charge on any atom is -0.490 e. The Kier molecular flexibility index (Phi) is 5.31. The molecule has 0 bridgehead atoms. The maximum absolute atomic E-state index is 13.5. The van der Waals surface area contributed by atoms with Crippen LogP contribution in [0.2, 0.25) is 5.02 Å². The molecule has 3 nitrogen and oxygen atoms in total. The van der Waals surface area contributed by atoms with E-state index in [2.05, 4.69) is 0 Å². The van der Waals surface area contributed by atoms with E-state index in [1.165, 1.54) is 18.2 Å². The van der Waals surface area contributed by atoms with E-state index in [0.29, 0.717) is 24.5 Å². The summed E-state index contributed by atoms with van der Waals surface area (Å²) in [6.45, 7) is 0.723. The van der Waals surface area contributed by atoms with E-state index >= 15 is 0 Å². The van der Waals surface area contributed by atoms with Crippen LogP contribution in [0.15, 0.2) is 42.5 Å². The standard InChI is InChI=1S/C16H14ClFO3/c1-20-9-10-21-14-8-3-2-5-11(14)16(19)12-6-4-7-13(18)15(12)17/h2-8H,9-10H2,1H3. The van der Waals surface area contributed by atoms with Crippen molar-refractivity contribution in [2.75, 3.05) is 20.3 Å². The molecule has 0 atom stereocenters. The molecule has 0 aliphatic rings. The highest BCUT2D eigenvalue weighted by Gasteiger charge is 2.18. The van der Waals surface area contributed by atoms with Crippen molar-refractivity contribution in [1.82, 2.24) is 0 Å². The fraction of sp³-hybridized carbons (Fsp3) is 0.188. The van der Waals surface area contributed by atoms with Crippen molar-refractivity contribution >= 4 is 17.4 Å². The minimum atomic E-state index is -0.625. The van der Waals surface area contributed by atoms with Crippen LogP contribution in [-0.2, 0) is 4.74 Å². The summed E-state index contributed by atoms with van der Waals surface area (Å²) in [6, 6.07) is 10.9. The molecule has 0 saturated carbocycles. The Morgan fingerprint density at radius 1 is 1.10 bits per heavy atom. The van der Waals surface area contributed by atoms with Crippen molar-refractivity contribution in [3.05, 3.63) is 64.4 Å². The SMILES string of the molecule is COCCOc1ccccc1C(=O)c1cccc(F)c1Cl. The summed E-state index contributed by atoms with van der Waals surface area (Å²) in [6.07, 6.45) is 0. The van der Waals surface area contributed by atoms with E-state index in [-0.39, 0.29) is 16.4 Å². The van der Waals surface area contributed by atoms with Gasteiger partial charge >= 0.3 is 0 Å². The van der Waals surface area contributed by atoms with Crippen molar-refractivity contribution in [3.8, 4) is 5.75 Å². The molecule has 5 heteroatoms. The van der Waals surface area contributed by atoms with E-state index in [1.807, 2.05) is 0 Å². The molecule has 0 radical (unpaired) electrons. The number of benzene rings is 2. The fourth-order valence-corrected chi connectivity index (χ4v) is 2.05. The molecule has 0 unspecified atom stereocenters. The smallest absolute Gasteiger partial charge is 0.198 e. The summed E-state index contributed by atoms with van der Waals surface area (Å²) < 4.78 is 23.9. The number of hydrogen-bond donors (Lipinski definition) is 0. The van der Waals surface area contributed by atoms with Crippen LogP contribution in [0, 0.1) is 5.82 Å². The van der Waals surface area contributed by atoms with Gasteiger partial charge in [-0.25, -0.2) is 4.39 Å². The van der Waals surface area contributed by atoms with E-state index < -0.39 is 5.82 Å². The lowest BCUT2D eigenvalue weighted by atomic mass is 10.0. The van der Waals surface area contributed by atoms with Crippen LogP contribution in [-0.4, -0.2) is 26.1 Å². The topological polar surface area (TPSA) is 35.5 Å². The Hall–Kier alpha value is -1.91. The third-order valence-corrected chi connectivity index (χ3v) is 3.26. The van der Waals surface area contributed by atoms with E-state index in [0.717, 1.165) is 0 Å². The van der Waals surface area contributed by atoms with Gasteiger partial charge in [0, 0.05) is 12.7 Å². The summed E-state index contributed by atoms with van der Waals surface area (Å²) >= 11 is 5.86. The number of ether oxygens (including phenoxy) is 2. The summed E-state index contributed by atoms with van der Waals surface area (Å²) in [5.41, 5.74) is 0.445. The van der Waals surface area contributed by atoms with E-state index in [9.17, 15) is 9.18 Å². The van der Waals surface area contributed by atoms with Crippen LogP contribution in [0.4, 0.5) is 4.39 Å². The Bertz CT molecular complexity index is 643.